The van der Waals surface area contributed by atoms with Gasteiger partial charge in [-0.25, -0.2) is 5.48 Å². The first-order valence-electron chi connectivity index (χ1n) is 8.09. The third-order valence-corrected chi connectivity index (χ3v) is 5.21. The number of hydroxylamine groups is 1. The number of hydrogen-bond acceptors (Lipinski definition) is 5. The Labute approximate surface area is 140 Å². The lowest BCUT2D eigenvalue weighted by Gasteiger charge is -2.37. The van der Waals surface area contributed by atoms with Gasteiger partial charge in [0.2, 0.25) is 11.8 Å². The van der Waals surface area contributed by atoms with Crippen LogP contribution in [0.2, 0.25) is 0 Å². The highest BCUT2D eigenvalue weighted by atomic mass is 16.5. The second-order valence-electron chi connectivity index (χ2n) is 6.74. The van der Waals surface area contributed by atoms with E-state index in [-0.39, 0.29) is 11.3 Å². The summed E-state index contributed by atoms with van der Waals surface area (Å²) in [6, 6.07) is 6.51. The van der Waals surface area contributed by atoms with Crippen molar-refractivity contribution >= 4 is 17.5 Å². The Morgan fingerprint density at radius 2 is 2.00 bits per heavy atom. The van der Waals surface area contributed by atoms with E-state index >= 15 is 0 Å². The second-order valence-corrected chi connectivity index (χ2v) is 6.74. The minimum atomic E-state index is -0.643. The van der Waals surface area contributed by atoms with Gasteiger partial charge in [-0.2, -0.15) is 0 Å². The molecule has 0 aromatic heterocycles. The lowest BCUT2D eigenvalue weighted by molar-refractivity contribution is -0.139. The highest BCUT2D eigenvalue weighted by Crippen LogP contribution is 2.52. The molecule has 0 unspecified atom stereocenters. The minimum absolute atomic E-state index is 0.118. The zero-order chi connectivity index (χ0) is 17.3. The van der Waals surface area contributed by atoms with Gasteiger partial charge in [0.15, 0.2) is 0 Å². The van der Waals surface area contributed by atoms with Crippen molar-refractivity contribution in [3.63, 3.8) is 0 Å². The molecule has 1 aliphatic heterocycles. The summed E-state index contributed by atoms with van der Waals surface area (Å²) in [5.41, 5.74) is 2.55. The molecule has 1 aliphatic carbocycles. The molecule has 0 radical (unpaired) electrons. The molecule has 2 amide bonds. The molecule has 3 N–H and O–H groups in total. The van der Waals surface area contributed by atoms with Crippen molar-refractivity contribution in [3.05, 3.63) is 24.3 Å². The van der Waals surface area contributed by atoms with E-state index in [9.17, 15) is 9.59 Å². The quantitative estimate of drug-likeness (QED) is 0.563. The molecule has 1 heterocycles. The monoisotopic (exact) mass is 333 g/mol. The molecule has 2 fully saturated rings. The van der Waals surface area contributed by atoms with Crippen molar-refractivity contribution in [2.75, 3.05) is 25.6 Å². The van der Waals surface area contributed by atoms with Gasteiger partial charge in [-0.05, 0) is 48.9 Å². The molecule has 1 saturated heterocycles. The molecular formula is C17H23N3O4. The number of nitrogens with one attached hydrogen (secondary N) is 2. The number of likely N-dealkylation sites (N-methyl/N-ethyl adjacent to an activating group) is 1. The topological polar surface area (TPSA) is 90.9 Å². The Morgan fingerprint density at radius 1 is 1.33 bits per heavy atom. The number of anilines is 1. The normalized spacial score (nSPS) is 24.3. The zero-order valence-corrected chi connectivity index (χ0v) is 13.9. The minimum Gasteiger partial charge on any atom is -0.497 e. The van der Waals surface area contributed by atoms with Gasteiger partial charge in [-0.1, -0.05) is 0 Å². The molecule has 7 heteroatoms. The van der Waals surface area contributed by atoms with Gasteiger partial charge < -0.3 is 15.0 Å². The SMILES string of the molecule is COc1ccc(N(C)C(=O)[C@H]2NCC3(CC3)C[C@@H]2C(=O)NO)cc1. The highest BCUT2D eigenvalue weighted by molar-refractivity contribution is 6.00. The van der Waals surface area contributed by atoms with Gasteiger partial charge in [0, 0.05) is 19.3 Å². The summed E-state index contributed by atoms with van der Waals surface area (Å²) in [4.78, 5) is 26.5. The number of ether oxygens (including phenoxy) is 1. The molecule has 1 saturated carbocycles. The van der Waals surface area contributed by atoms with E-state index in [2.05, 4.69) is 5.32 Å². The second kappa shape index (κ2) is 6.41. The third kappa shape index (κ3) is 3.09. The van der Waals surface area contributed by atoms with Crippen molar-refractivity contribution in [1.29, 1.82) is 0 Å². The molecule has 24 heavy (non-hydrogen) atoms. The zero-order valence-electron chi connectivity index (χ0n) is 13.9. The summed E-state index contributed by atoms with van der Waals surface area (Å²) in [6.07, 6.45) is 2.74. The molecule has 2 aliphatic rings. The molecule has 1 aromatic rings. The van der Waals surface area contributed by atoms with Crippen LogP contribution in [-0.2, 0) is 9.59 Å². The van der Waals surface area contributed by atoms with Crippen LogP contribution in [0.5, 0.6) is 5.75 Å². The lowest BCUT2D eigenvalue weighted by atomic mass is 9.81. The Hall–Kier alpha value is -2.12. The number of carbonyl (C=O) groups excluding carboxylic acids is 2. The van der Waals surface area contributed by atoms with Crippen LogP contribution in [0.15, 0.2) is 24.3 Å². The van der Waals surface area contributed by atoms with Gasteiger partial charge >= 0.3 is 0 Å². The molecule has 0 bridgehead atoms. The first-order chi connectivity index (χ1) is 11.5. The van der Waals surface area contributed by atoms with Crippen LogP contribution in [0.1, 0.15) is 19.3 Å². The Kier molecular flexibility index (Phi) is 4.47. The summed E-state index contributed by atoms with van der Waals surface area (Å²) in [5, 5.41) is 12.2. The molecule has 1 aromatic carbocycles. The van der Waals surface area contributed by atoms with Gasteiger partial charge in [-0.15, -0.1) is 0 Å². The molecule has 2 atom stereocenters. The van der Waals surface area contributed by atoms with Crippen LogP contribution in [0, 0.1) is 11.3 Å². The summed E-state index contributed by atoms with van der Waals surface area (Å²) >= 11 is 0. The van der Waals surface area contributed by atoms with Crippen molar-refractivity contribution in [3.8, 4) is 5.75 Å². The first kappa shape index (κ1) is 16.7. The van der Waals surface area contributed by atoms with E-state index in [0.29, 0.717) is 12.2 Å². The van der Waals surface area contributed by atoms with Crippen LogP contribution in [0.3, 0.4) is 0 Å². The molecule has 1 spiro atoms. The first-order valence-corrected chi connectivity index (χ1v) is 8.09. The van der Waals surface area contributed by atoms with Crippen molar-refractivity contribution in [2.24, 2.45) is 11.3 Å². The smallest absolute Gasteiger partial charge is 0.248 e. The summed E-state index contributed by atoms with van der Waals surface area (Å²) in [6.45, 7) is 0.731. The molecular weight excluding hydrogens is 310 g/mol. The van der Waals surface area contributed by atoms with Crippen LogP contribution < -0.4 is 20.4 Å². The highest BCUT2D eigenvalue weighted by Gasteiger charge is 2.52. The van der Waals surface area contributed by atoms with E-state index in [1.165, 1.54) is 4.90 Å². The van der Waals surface area contributed by atoms with Gasteiger partial charge in [0.25, 0.3) is 0 Å². The maximum Gasteiger partial charge on any atom is 0.248 e. The molecule has 130 valence electrons. The van der Waals surface area contributed by atoms with Gasteiger partial charge in [0.05, 0.1) is 19.1 Å². The number of piperidine rings is 1. The van der Waals surface area contributed by atoms with Gasteiger partial charge in [0.1, 0.15) is 5.75 Å². The fourth-order valence-electron chi connectivity index (χ4n) is 3.41. The standard InChI is InChI=1S/C17H23N3O4/c1-20(11-3-5-12(24-2)6-4-11)16(22)14-13(15(21)19-23)9-17(7-8-17)10-18-14/h3-6,13-14,18,23H,7-10H2,1-2H3,(H,19,21)/t13-,14-/m0/s1. The molecule has 3 rings (SSSR count). The van der Waals surface area contributed by atoms with E-state index in [4.69, 9.17) is 9.94 Å². The summed E-state index contributed by atoms with van der Waals surface area (Å²) in [5.74, 6) is -0.553. The van der Waals surface area contributed by atoms with Crippen LogP contribution in [0.25, 0.3) is 0 Å². The number of methoxy groups -OCH3 is 1. The average Bonchev–Trinajstić information content (AvgIpc) is 3.38. The van der Waals surface area contributed by atoms with E-state index in [0.717, 1.165) is 25.1 Å². The average molecular weight is 333 g/mol. The summed E-state index contributed by atoms with van der Waals surface area (Å²) < 4.78 is 5.12. The third-order valence-electron chi connectivity index (χ3n) is 5.21. The van der Waals surface area contributed by atoms with E-state index in [1.807, 2.05) is 0 Å². The lowest BCUT2D eigenvalue weighted by Crippen LogP contribution is -2.58. The fourth-order valence-corrected chi connectivity index (χ4v) is 3.41. The number of nitrogens with zero attached hydrogens (tertiary/aromatic N) is 1. The largest absolute Gasteiger partial charge is 0.497 e. The van der Waals surface area contributed by atoms with Crippen molar-refractivity contribution in [2.45, 2.75) is 25.3 Å². The van der Waals surface area contributed by atoms with Crippen LogP contribution in [0.4, 0.5) is 5.69 Å². The van der Waals surface area contributed by atoms with Crippen LogP contribution in [-0.4, -0.2) is 43.8 Å². The Balaban J connectivity index is 1.76. The Morgan fingerprint density at radius 3 is 2.54 bits per heavy atom. The number of rotatable bonds is 4. The number of carbonyl (C=O) groups is 2. The van der Waals surface area contributed by atoms with Crippen molar-refractivity contribution in [1.82, 2.24) is 10.8 Å². The number of benzene rings is 1. The molecule has 7 nitrogen and oxygen atoms in total. The summed E-state index contributed by atoms with van der Waals surface area (Å²) in [7, 11) is 3.27. The van der Waals surface area contributed by atoms with E-state index < -0.39 is 17.9 Å². The maximum absolute atomic E-state index is 12.9. The maximum atomic E-state index is 12.9. The number of amides is 2. The van der Waals surface area contributed by atoms with Crippen LogP contribution >= 0.6 is 0 Å². The fraction of sp³-hybridized carbons (Fsp3) is 0.529. The Bertz CT molecular complexity index is 627. The van der Waals surface area contributed by atoms with E-state index in [1.54, 1.807) is 43.9 Å². The van der Waals surface area contributed by atoms with Crippen molar-refractivity contribution < 1.29 is 19.5 Å². The predicted molar refractivity (Wildman–Crippen MR) is 87.9 cm³/mol. The number of hydrogen-bond donors (Lipinski definition) is 3. The van der Waals surface area contributed by atoms with Gasteiger partial charge in [-0.3, -0.25) is 14.8 Å². The predicted octanol–water partition coefficient (Wildman–Crippen LogP) is 0.922.